The Labute approximate surface area is 152 Å². The van der Waals surface area contributed by atoms with Crippen LogP contribution in [0.25, 0.3) is 10.8 Å². The summed E-state index contributed by atoms with van der Waals surface area (Å²) in [5, 5.41) is 4.24. The molecule has 0 unspecified atom stereocenters. The van der Waals surface area contributed by atoms with Crippen LogP contribution in [0.1, 0.15) is 12.8 Å². The fourth-order valence-electron chi connectivity index (χ4n) is 3.28. The highest BCUT2D eigenvalue weighted by Crippen LogP contribution is 2.29. The number of aromatic nitrogens is 2. The van der Waals surface area contributed by atoms with Crippen molar-refractivity contribution in [3.8, 4) is 0 Å². The number of carbonyl (C=O) groups excluding carboxylic acids is 2. The zero-order valence-electron chi connectivity index (χ0n) is 14.0. The number of carbonyl (C=O) groups is 2. The molecule has 8 nitrogen and oxygen atoms in total. The van der Waals surface area contributed by atoms with E-state index >= 15 is 0 Å². The fraction of sp³-hybridized carbons (Fsp3) is 0.375. The molecule has 136 valence electrons. The molecule has 3 aliphatic rings. The molecule has 0 atom stereocenters. The number of benzene rings is 1. The van der Waals surface area contributed by atoms with Crippen LogP contribution in [0.3, 0.4) is 0 Å². The standard InChI is InChI=1S/C10H9N2O2P.C6H9N2O2P/c13-9-7-3-1-2-4-8(7)10(14)12-6-15-5-11(9)12;9-5-1-2-6(10)8-4-11-3-7(5)8/h1-4,15H,5-6H2;11H,1-4H2. The van der Waals surface area contributed by atoms with E-state index in [1.165, 1.54) is 0 Å². The van der Waals surface area contributed by atoms with Crippen molar-refractivity contribution in [2.45, 2.75) is 25.4 Å². The lowest BCUT2D eigenvalue weighted by Gasteiger charge is -2.31. The van der Waals surface area contributed by atoms with Gasteiger partial charge in [-0.3, -0.25) is 19.2 Å². The highest BCUT2D eigenvalue weighted by atomic mass is 31.1. The van der Waals surface area contributed by atoms with E-state index in [4.69, 9.17) is 0 Å². The van der Waals surface area contributed by atoms with Crippen LogP contribution in [0.2, 0.25) is 0 Å². The number of nitrogens with zero attached hydrogens (tertiary/aromatic N) is 4. The zero-order valence-corrected chi connectivity index (χ0v) is 16.0. The van der Waals surface area contributed by atoms with Gasteiger partial charge in [0.05, 0.1) is 35.9 Å². The second-order valence-electron chi connectivity index (χ2n) is 6.17. The summed E-state index contributed by atoms with van der Waals surface area (Å²) in [6.07, 6.45) is 3.67. The number of fused-ring (bicyclic) bond motifs is 3. The molecule has 0 aliphatic carbocycles. The molecular weight excluding hydrogens is 374 g/mol. The van der Waals surface area contributed by atoms with E-state index in [2.05, 4.69) is 0 Å². The predicted octanol–water partition coefficient (Wildman–Crippen LogP) is 0.730. The van der Waals surface area contributed by atoms with Gasteiger partial charge >= 0.3 is 0 Å². The molecule has 0 N–H and O–H groups in total. The molecule has 1 aromatic carbocycles. The minimum Gasteiger partial charge on any atom is -0.273 e. The lowest BCUT2D eigenvalue weighted by atomic mass is 10.2. The second kappa shape index (κ2) is 6.93. The first-order chi connectivity index (χ1) is 12.6. The summed E-state index contributed by atoms with van der Waals surface area (Å²) in [5.74, 6) is 0.212. The Bertz CT molecular complexity index is 937. The molecular formula is C16H18N4O4P2. The van der Waals surface area contributed by atoms with Gasteiger partial charge in [0.15, 0.2) is 0 Å². The lowest BCUT2D eigenvalue weighted by Crippen LogP contribution is -2.48. The van der Waals surface area contributed by atoms with Gasteiger partial charge < -0.3 is 0 Å². The Hall–Kier alpha value is -2.04. The number of hydrogen-bond acceptors (Lipinski definition) is 4. The van der Waals surface area contributed by atoms with Gasteiger partial charge in [0.25, 0.3) is 11.1 Å². The van der Waals surface area contributed by atoms with Gasteiger partial charge in [-0.05, 0) is 12.1 Å². The Kier molecular flexibility index (Phi) is 4.63. The molecule has 5 rings (SSSR count). The van der Waals surface area contributed by atoms with Crippen LogP contribution in [0, 0.1) is 0 Å². The molecule has 2 fully saturated rings. The van der Waals surface area contributed by atoms with Crippen LogP contribution in [0.4, 0.5) is 0 Å². The molecule has 2 saturated heterocycles. The Balaban J connectivity index is 0.000000136. The summed E-state index contributed by atoms with van der Waals surface area (Å²) in [7, 11) is 1.34. The maximum Gasteiger partial charge on any atom is 0.273 e. The molecule has 0 saturated carbocycles. The van der Waals surface area contributed by atoms with E-state index in [1.54, 1.807) is 43.6 Å². The Morgan fingerprint density at radius 1 is 0.654 bits per heavy atom. The smallest absolute Gasteiger partial charge is 0.273 e. The molecule has 0 radical (unpaired) electrons. The van der Waals surface area contributed by atoms with Crippen molar-refractivity contribution in [3.05, 3.63) is 45.0 Å². The van der Waals surface area contributed by atoms with E-state index in [-0.39, 0.29) is 22.9 Å². The van der Waals surface area contributed by atoms with Crippen molar-refractivity contribution in [2.24, 2.45) is 0 Å². The highest BCUT2D eigenvalue weighted by Gasteiger charge is 2.34. The Morgan fingerprint density at radius 2 is 1.08 bits per heavy atom. The third kappa shape index (κ3) is 2.87. The first kappa shape index (κ1) is 17.4. The van der Waals surface area contributed by atoms with Crippen LogP contribution >= 0.6 is 17.2 Å². The summed E-state index contributed by atoms with van der Waals surface area (Å²) >= 11 is 0. The normalized spacial score (nSPS) is 18.6. The van der Waals surface area contributed by atoms with E-state index in [9.17, 15) is 19.2 Å². The maximum absolute atomic E-state index is 12.0. The predicted molar refractivity (Wildman–Crippen MR) is 102 cm³/mol. The number of rotatable bonds is 0. The van der Waals surface area contributed by atoms with Crippen molar-refractivity contribution < 1.29 is 9.59 Å². The largest absolute Gasteiger partial charge is 0.273 e. The maximum atomic E-state index is 12.0. The lowest BCUT2D eigenvalue weighted by molar-refractivity contribution is -0.164. The van der Waals surface area contributed by atoms with E-state index in [0.29, 0.717) is 53.3 Å². The summed E-state index contributed by atoms with van der Waals surface area (Å²) in [6, 6.07) is 7.01. The average molecular weight is 392 g/mol. The van der Waals surface area contributed by atoms with Crippen LogP contribution in [-0.2, 0) is 22.2 Å². The van der Waals surface area contributed by atoms with E-state index < -0.39 is 0 Å². The summed E-state index contributed by atoms with van der Waals surface area (Å²) < 4.78 is 3.12. The van der Waals surface area contributed by atoms with E-state index in [1.807, 2.05) is 0 Å². The SMILES string of the molecule is O=C1CCC(=O)N2CPCN12.O=c1c2ccccc2c(=O)n2n1CPC2. The number of amides is 2. The summed E-state index contributed by atoms with van der Waals surface area (Å²) in [5.41, 5.74) is -0.0922. The number of hydrazine groups is 1. The quantitative estimate of drug-likeness (QED) is 0.619. The van der Waals surface area contributed by atoms with Gasteiger partial charge in [-0.25, -0.2) is 19.4 Å². The molecule has 3 aliphatic heterocycles. The minimum absolute atomic E-state index is 0.0461. The van der Waals surface area contributed by atoms with Crippen molar-refractivity contribution in [3.63, 3.8) is 0 Å². The van der Waals surface area contributed by atoms with Crippen LogP contribution in [0.5, 0.6) is 0 Å². The minimum atomic E-state index is -0.0461. The fourth-order valence-corrected chi connectivity index (χ4v) is 5.65. The monoisotopic (exact) mass is 392 g/mol. The second-order valence-corrected chi connectivity index (χ2v) is 8.44. The molecule has 1 aromatic heterocycles. The van der Waals surface area contributed by atoms with Crippen LogP contribution < -0.4 is 11.1 Å². The molecule has 26 heavy (non-hydrogen) atoms. The molecule has 2 amide bonds. The molecule has 0 spiro atoms. The van der Waals surface area contributed by atoms with Gasteiger partial charge in [0.1, 0.15) is 0 Å². The molecule has 2 aromatic rings. The van der Waals surface area contributed by atoms with Gasteiger partial charge in [0, 0.05) is 12.8 Å². The third-order valence-corrected chi connectivity index (χ3v) is 6.71. The summed E-state index contributed by atoms with van der Waals surface area (Å²) in [6.45, 7) is 0. The Morgan fingerprint density at radius 3 is 1.54 bits per heavy atom. The van der Waals surface area contributed by atoms with Crippen molar-refractivity contribution in [1.82, 2.24) is 19.4 Å². The van der Waals surface area contributed by atoms with Crippen molar-refractivity contribution in [2.75, 3.05) is 12.6 Å². The van der Waals surface area contributed by atoms with Gasteiger partial charge in [-0.2, -0.15) is 0 Å². The van der Waals surface area contributed by atoms with Crippen molar-refractivity contribution in [1.29, 1.82) is 0 Å². The summed E-state index contributed by atoms with van der Waals surface area (Å²) in [4.78, 5) is 46.3. The van der Waals surface area contributed by atoms with Gasteiger partial charge in [-0.15, -0.1) is 0 Å². The molecule has 4 heterocycles. The van der Waals surface area contributed by atoms with Crippen molar-refractivity contribution >= 4 is 39.7 Å². The van der Waals surface area contributed by atoms with E-state index in [0.717, 1.165) is 12.6 Å². The zero-order chi connectivity index (χ0) is 18.3. The van der Waals surface area contributed by atoms with Crippen LogP contribution in [0.15, 0.2) is 33.9 Å². The van der Waals surface area contributed by atoms with Gasteiger partial charge in [0.2, 0.25) is 11.8 Å². The van der Waals surface area contributed by atoms with Gasteiger partial charge in [-0.1, -0.05) is 29.3 Å². The molecule has 10 heteroatoms. The first-order valence-corrected chi connectivity index (χ1v) is 11.2. The number of hydrogen-bond donors (Lipinski definition) is 0. The topological polar surface area (TPSA) is 84.6 Å². The first-order valence-electron chi connectivity index (χ1n) is 8.32. The highest BCUT2D eigenvalue weighted by molar-refractivity contribution is 7.38. The molecule has 0 bridgehead atoms. The third-order valence-electron chi connectivity index (χ3n) is 4.61. The van der Waals surface area contributed by atoms with Crippen LogP contribution in [-0.4, -0.2) is 43.8 Å². The average Bonchev–Trinajstić information content (AvgIpc) is 3.33.